The fourth-order valence-corrected chi connectivity index (χ4v) is 2.64. The minimum Gasteiger partial charge on any atom is -0.312 e. The highest BCUT2D eigenvalue weighted by molar-refractivity contribution is 4.90. The largest absolute Gasteiger partial charge is 0.312 e. The molecule has 94 valence electrons. The minimum absolute atomic E-state index is 0.705. The summed E-state index contributed by atoms with van der Waals surface area (Å²) in [5.74, 6) is 1.73. The number of rotatable bonds is 7. The molecule has 2 atom stereocenters. The fraction of sp³-hybridized carbons (Fsp3) is 1.00. The minimum atomic E-state index is 0.705. The van der Waals surface area contributed by atoms with Crippen molar-refractivity contribution < 1.29 is 0 Å². The highest BCUT2D eigenvalue weighted by Crippen LogP contribution is 2.35. The summed E-state index contributed by atoms with van der Waals surface area (Å²) in [6.45, 7) is 8.30. The van der Waals surface area contributed by atoms with E-state index in [2.05, 4.69) is 38.0 Å². The Labute approximate surface area is 101 Å². The zero-order valence-corrected chi connectivity index (χ0v) is 11.4. The van der Waals surface area contributed by atoms with Crippen molar-refractivity contribution in [1.82, 2.24) is 10.2 Å². The standard InChI is InChI=1S/C14H28N2/c1-10(2)14(9-15-13-7-8-13)16(4)11(3)12-5-6-12/h10-15H,5-9H2,1-4H3. The van der Waals surface area contributed by atoms with Crippen molar-refractivity contribution in [2.75, 3.05) is 13.6 Å². The number of hydrogen-bond acceptors (Lipinski definition) is 2. The lowest BCUT2D eigenvalue weighted by atomic mass is 10.00. The molecule has 2 heteroatoms. The maximum Gasteiger partial charge on any atom is 0.0243 e. The molecule has 0 saturated heterocycles. The molecule has 0 aromatic rings. The zero-order chi connectivity index (χ0) is 11.7. The van der Waals surface area contributed by atoms with Crippen molar-refractivity contribution in [1.29, 1.82) is 0 Å². The predicted molar refractivity (Wildman–Crippen MR) is 69.6 cm³/mol. The van der Waals surface area contributed by atoms with Crippen LogP contribution in [0.1, 0.15) is 46.5 Å². The van der Waals surface area contributed by atoms with Crippen molar-refractivity contribution in [3.05, 3.63) is 0 Å². The number of hydrogen-bond donors (Lipinski definition) is 1. The second kappa shape index (κ2) is 5.05. The predicted octanol–water partition coefficient (Wildman–Crippen LogP) is 2.49. The lowest BCUT2D eigenvalue weighted by molar-refractivity contribution is 0.128. The monoisotopic (exact) mass is 224 g/mol. The van der Waals surface area contributed by atoms with E-state index in [1.165, 1.54) is 32.2 Å². The van der Waals surface area contributed by atoms with Gasteiger partial charge in [-0.25, -0.2) is 0 Å². The van der Waals surface area contributed by atoms with Gasteiger partial charge in [-0.2, -0.15) is 0 Å². The Morgan fingerprint density at radius 2 is 1.75 bits per heavy atom. The van der Waals surface area contributed by atoms with Crippen LogP contribution in [0.4, 0.5) is 0 Å². The molecule has 2 rings (SSSR count). The van der Waals surface area contributed by atoms with E-state index in [0.717, 1.165) is 23.9 Å². The summed E-state index contributed by atoms with van der Waals surface area (Å²) in [5.41, 5.74) is 0. The molecule has 0 aromatic heterocycles. The molecule has 1 N–H and O–H groups in total. The summed E-state index contributed by atoms with van der Waals surface area (Å²) in [7, 11) is 2.32. The quantitative estimate of drug-likeness (QED) is 0.715. The summed E-state index contributed by atoms with van der Waals surface area (Å²) in [6, 6.07) is 2.32. The van der Waals surface area contributed by atoms with Gasteiger partial charge in [-0.15, -0.1) is 0 Å². The van der Waals surface area contributed by atoms with Gasteiger partial charge >= 0.3 is 0 Å². The lowest BCUT2D eigenvalue weighted by Gasteiger charge is -2.36. The van der Waals surface area contributed by atoms with E-state index in [1.807, 2.05) is 0 Å². The van der Waals surface area contributed by atoms with Crippen LogP contribution in [0.2, 0.25) is 0 Å². The Balaban J connectivity index is 1.82. The third-order valence-electron chi connectivity index (χ3n) is 4.43. The molecule has 0 radical (unpaired) electrons. The van der Waals surface area contributed by atoms with Crippen LogP contribution in [0.25, 0.3) is 0 Å². The molecule has 0 aliphatic heterocycles. The molecule has 2 unspecified atom stereocenters. The van der Waals surface area contributed by atoms with Gasteiger partial charge in [0.1, 0.15) is 0 Å². The number of likely N-dealkylation sites (N-methyl/N-ethyl adjacent to an activating group) is 1. The molecule has 2 fully saturated rings. The van der Waals surface area contributed by atoms with Gasteiger partial charge in [-0.3, -0.25) is 4.90 Å². The fourth-order valence-electron chi connectivity index (χ4n) is 2.64. The van der Waals surface area contributed by atoms with Crippen LogP contribution < -0.4 is 5.32 Å². The molecule has 16 heavy (non-hydrogen) atoms. The van der Waals surface area contributed by atoms with Crippen LogP contribution in [0.5, 0.6) is 0 Å². The van der Waals surface area contributed by atoms with Crippen LogP contribution in [-0.2, 0) is 0 Å². The Morgan fingerprint density at radius 1 is 1.12 bits per heavy atom. The van der Waals surface area contributed by atoms with Crippen LogP contribution in [-0.4, -0.2) is 36.6 Å². The van der Waals surface area contributed by atoms with Gasteiger partial charge in [0.15, 0.2) is 0 Å². The molecule has 2 saturated carbocycles. The van der Waals surface area contributed by atoms with Crippen molar-refractivity contribution in [2.45, 2.75) is 64.6 Å². The van der Waals surface area contributed by atoms with E-state index >= 15 is 0 Å². The third kappa shape index (κ3) is 3.21. The topological polar surface area (TPSA) is 15.3 Å². The van der Waals surface area contributed by atoms with E-state index in [0.29, 0.717) is 6.04 Å². The maximum atomic E-state index is 3.69. The summed E-state index contributed by atoms with van der Waals surface area (Å²) in [6.07, 6.45) is 5.69. The molecule has 0 heterocycles. The Kier molecular flexibility index (Phi) is 3.91. The maximum absolute atomic E-state index is 3.69. The first-order valence-corrected chi connectivity index (χ1v) is 7.05. The van der Waals surface area contributed by atoms with Gasteiger partial charge in [0, 0.05) is 24.7 Å². The van der Waals surface area contributed by atoms with E-state index < -0.39 is 0 Å². The number of nitrogens with one attached hydrogen (secondary N) is 1. The lowest BCUT2D eigenvalue weighted by Crippen LogP contribution is -2.48. The SMILES string of the molecule is CC(C)C(CNC1CC1)N(C)C(C)C1CC1. The first kappa shape index (κ1) is 12.4. The molecular weight excluding hydrogens is 196 g/mol. The van der Waals surface area contributed by atoms with E-state index in [9.17, 15) is 0 Å². The summed E-state index contributed by atoms with van der Waals surface area (Å²) >= 11 is 0. The van der Waals surface area contributed by atoms with Crippen LogP contribution >= 0.6 is 0 Å². The molecule has 0 aromatic carbocycles. The van der Waals surface area contributed by atoms with Gasteiger partial charge in [0.2, 0.25) is 0 Å². The molecule has 0 amide bonds. The molecule has 0 spiro atoms. The van der Waals surface area contributed by atoms with Gasteiger partial charge in [-0.05, 0) is 51.5 Å². The molecular formula is C14H28N2. The van der Waals surface area contributed by atoms with Gasteiger partial charge in [0.05, 0.1) is 0 Å². The van der Waals surface area contributed by atoms with Crippen molar-refractivity contribution >= 4 is 0 Å². The van der Waals surface area contributed by atoms with Gasteiger partial charge in [-0.1, -0.05) is 13.8 Å². The van der Waals surface area contributed by atoms with Crippen LogP contribution in [0, 0.1) is 11.8 Å². The first-order valence-electron chi connectivity index (χ1n) is 7.05. The highest BCUT2D eigenvalue weighted by Gasteiger charge is 2.34. The average Bonchev–Trinajstić information content (AvgIpc) is 3.08. The first-order chi connectivity index (χ1) is 7.59. The number of nitrogens with zero attached hydrogens (tertiary/aromatic N) is 1. The van der Waals surface area contributed by atoms with Gasteiger partial charge < -0.3 is 5.32 Å². The smallest absolute Gasteiger partial charge is 0.0243 e. The normalized spacial score (nSPS) is 25.1. The van der Waals surface area contributed by atoms with Crippen molar-refractivity contribution in [2.24, 2.45) is 11.8 Å². The Hall–Kier alpha value is -0.0800. The second-order valence-electron chi connectivity index (χ2n) is 6.24. The van der Waals surface area contributed by atoms with Crippen LogP contribution in [0.3, 0.4) is 0 Å². The summed E-state index contributed by atoms with van der Waals surface area (Å²) in [5, 5.41) is 3.69. The van der Waals surface area contributed by atoms with E-state index in [1.54, 1.807) is 0 Å². The van der Waals surface area contributed by atoms with E-state index in [4.69, 9.17) is 0 Å². The molecule has 0 bridgehead atoms. The van der Waals surface area contributed by atoms with Gasteiger partial charge in [0.25, 0.3) is 0 Å². The zero-order valence-electron chi connectivity index (χ0n) is 11.4. The van der Waals surface area contributed by atoms with Crippen molar-refractivity contribution in [3.8, 4) is 0 Å². The molecule has 2 nitrogen and oxygen atoms in total. The van der Waals surface area contributed by atoms with Crippen molar-refractivity contribution in [3.63, 3.8) is 0 Å². The van der Waals surface area contributed by atoms with E-state index in [-0.39, 0.29) is 0 Å². The average molecular weight is 224 g/mol. The molecule has 2 aliphatic rings. The van der Waals surface area contributed by atoms with Crippen LogP contribution in [0.15, 0.2) is 0 Å². The third-order valence-corrected chi connectivity index (χ3v) is 4.43. The Morgan fingerprint density at radius 3 is 2.19 bits per heavy atom. The highest BCUT2D eigenvalue weighted by atomic mass is 15.2. The second-order valence-corrected chi connectivity index (χ2v) is 6.24. The summed E-state index contributed by atoms with van der Waals surface area (Å²) < 4.78 is 0. The molecule has 2 aliphatic carbocycles. The Bertz CT molecular complexity index is 219. The summed E-state index contributed by atoms with van der Waals surface area (Å²) in [4.78, 5) is 2.62.